The number of hydrogen-bond acceptors (Lipinski definition) is 5. The molecule has 1 aliphatic rings. The average Bonchev–Trinajstić information content (AvgIpc) is 3.09. The van der Waals surface area contributed by atoms with Gasteiger partial charge in [0.05, 0.1) is 20.6 Å². The number of rotatable bonds is 6. The number of nitrogens with one attached hydrogen (secondary N) is 1. The van der Waals surface area contributed by atoms with Crippen molar-refractivity contribution in [3.05, 3.63) is 93.1 Å². The third-order valence-electron chi connectivity index (χ3n) is 4.63. The standard InChI is InChI=1S/C24H15Cl2FN2O3S2/c25-19-10-5-16(12-20(19)26)28-22(30)13-32-18-8-1-14(2-9-18)11-21-23(31)29(24(33)34-21)17-6-3-15(27)4-7-17/h1-12H,13H2,(H,28,30)/b21-11-. The molecule has 1 aliphatic heterocycles. The second-order valence-electron chi connectivity index (χ2n) is 7.03. The summed E-state index contributed by atoms with van der Waals surface area (Å²) in [6, 6.07) is 17.3. The van der Waals surface area contributed by atoms with Crippen LogP contribution in [0.1, 0.15) is 5.56 Å². The molecule has 4 rings (SSSR count). The Hall–Kier alpha value is -2.91. The van der Waals surface area contributed by atoms with Crippen LogP contribution in [-0.4, -0.2) is 22.7 Å². The summed E-state index contributed by atoms with van der Waals surface area (Å²) in [6.07, 6.45) is 1.71. The second-order valence-corrected chi connectivity index (χ2v) is 9.52. The van der Waals surface area contributed by atoms with Crippen molar-refractivity contribution in [2.75, 3.05) is 16.8 Å². The third-order valence-corrected chi connectivity index (χ3v) is 6.67. The van der Waals surface area contributed by atoms with Crippen LogP contribution in [0.2, 0.25) is 10.0 Å². The molecule has 1 fully saturated rings. The number of anilines is 2. The Labute approximate surface area is 214 Å². The van der Waals surface area contributed by atoms with Crippen molar-refractivity contribution in [1.82, 2.24) is 0 Å². The van der Waals surface area contributed by atoms with Crippen molar-refractivity contribution in [1.29, 1.82) is 0 Å². The van der Waals surface area contributed by atoms with Gasteiger partial charge in [-0.2, -0.15) is 0 Å². The van der Waals surface area contributed by atoms with Crippen LogP contribution in [0.4, 0.5) is 15.8 Å². The van der Waals surface area contributed by atoms with E-state index in [1.54, 1.807) is 48.5 Å². The molecule has 1 N–H and O–H groups in total. The van der Waals surface area contributed by atoms with Gasteiger partial charge in [-0.15, -0.1) is 0 Å². The van der Waals surface area contributed by atoms with Gasteiger partial charge in [0.15, 0.2) is 10.9 Å². The van der Waals surface area contributed by atoms with Crippen molar-refractivity contribution in [3.8, 4) is 5.75 Å². The Balaban J connectivity index is 1.36. The Bertz CT molecular complexity index is 1300. The first-order valence-corrected chi connectivity index (χ1v) is 11.8. The predicted octanol–water partition coefficient (Wildman–Crippen LogP) is 6.56. The van der Waals surface area contributed by atoms with Gasteiger partial charge in [-0.1, -0.05) is 59.3 Å². The first kappa shape index (κ1) is 24.2. The molecular weight excluding hydrogens is 518 g/mol. The fourth-order valence-corrected chi connectivity index (χ4v) is 4.61. The number of carbonyl (C=O) groups excluding carboxylic acids is 2. The normalized spacial score (nSPS) is 14.6. The van der Waals surface area contributed by atoms with Gasteiger partial charge in [0.2, 0.25) is 0 Å². The molecule has 34 heavy (non-hydrogen) atoms. The molecule has 5 nitrogen and oxygen atoms in total. The van der Waals surface area contributed by atoms with Crippen LogP contribution in [-0.2, 0) is 9.59 Å². The number of amides is 2. The Kier molecular flexibility index (Phi) is 7.53. The Morgan fingerprint density at radius 3 is 2.44 bits per heavy atom. The van der Waals surface area contributed by atoms with Crippen molar-refractivity contribution in [2.24, 2.45) is 0 Å². The smallest absolute Gasteiger partial charge is 0.270 e. The second kappa shape index (κ2) is 10.6. The maximum absolute atomic E-state index is 13.2. The van der Waals surface area contributed by atoms with Crippen molar-refractivity contribution in [3.63, 3.8) is 0 Å². The zero-order valence-electron chi connectivity index (χ0n) is 17.3. The minimum Gasteiger partial charge on any atom is -0.484 e. The van der Waals surface area contributed by atoms with E-state index in [1.165, 1.54) is 40.9 Å². The molecule has 10 heteroatoms. The van der Waals surface area contributed by atoms with E-state index in [4.69, 9.17) is 40.2 Å². The number of ether oxygens (including phenoxy) is 1. The van der Waals surface area contributed by atoms with Gasteiger partial charge in [0, 0.05) is 5.69 Å². The van der Waals surface area contributed by atoms with Crippen LogP contribution >= 0.6 is 47.2 Å². The highest BCUT2D eigenvalue weighted by Crippen LogP contribution is 2.36. The number of nitrogens with zero attached hydrogens (tertiary/aromatic N) is 1. The number of benzene rings is 3. The maximum atomic E-state index is 13.2. The molecule has 3 aromatic carbocycles. The molecule has 0 spiro atoms. The lowest BCUT2D eigenvalue weighted by Crippen LogP contribution is -2.27. The van der Waals surface area contributed by atoms with E-state index in [0.717, 1.165) is 5.56 Å². The molecule has 0 bridgehead atoms. The van der Waals surface area contributed by atoms with Crippen LogP contribution in [0.3, 0.4) is 0 Å². The molecule has 2 amide bonds. The predicted molar refractivity (Wildman–Crippen MR) is 139 cm³/mol. The highest BCUT2D eigenvalue weighted by molar-refractivity contribution is 8.27. The molecule has 0 unspecified atom stereocenters. The largest absolute Gasteiger partial charge is 0.484 e. The summed E-state index contributed by atoms with van der Waals surface area (Å²) in [5.74, 6) is -0.535. The Morgan fingerprint density at radius 2 is 1.76 bits per heavy atom. The van der Waals surface area contributed by atoms with Gasteiger partial charge in [-0.05, 0) is 66.2 Å². The summed E-state index contributed by atoms with van der Waals surface area (Å²) < 4.78 is 19.1. The van der Waals surface area contributed by atoms with Crippen LogP contribution in [0.15, 0.2) is 71.6 Å². The van der Waals surface area contributed by atoms with Crippen molar-refractivity contribution in [2.45, 2.75) is 0 Å². The first-order chi connectivity index (χ1) is 16.3. The number of thioether (sulfide) groups is 1. The van der Waals surface area contributed by atoms with E-state index in [2.05, 4.69) is 5.32 Å². The molecule has 0 aliphatic carbocycles. The van der Waals surface area contributed by atoms with Gasteiger partial charge in [0.1, 0.15) is 11.6 Å². The van der Waals surface area contributed by atoms with E-state index in [0.29, 0.717) is 36.4 Å². The lowest BCUT2D eigenvalue weighted by Gasteiger charge is -2.14. The summed E-state index contributed by atoms with van der Waals surface area (Å²) in [6.45, 7) is -0.198. The van der Waals surface area contributed by atoms with Gasteiger partial charge in [-0.3, -0.25) is 14.5 Å². The number of hydrogen-bond donors (Lipinski definition) is 1. The average molecular weight is 533 g/mol. The molecule has 0 radical (unpaired) electrons. The van der Waals surface area contributed by atoms with Crippen LogP contribution in [0.5, 0.6) is 5.75 Å². The van der Waals surface area contributed by atoms with Crippen molar-refractivity contribution >= 4 is 80.8 Å². The number of thiocarbonyl (C=S) groups is 1. The monoisotopic (exact) mass is 532 g/mol. The number of carbonyl (C=O) groups is 2. The Morgan fingerprint density at radius 1 is 1.06 bits per heavy atom. The zero-order valence-corrected chi connectivity index (χ0v) is 20.4. The van der Waals surface area contributed by atoms with Crippen LogP contribution in [0.25, 0.3) is 6.08 Å². The van der Waals surface area contributed by atoms with E-state index in [-0.39, 0.29) is 24.2 Å². The summed E-state index contributed by atoms with van der Waals surface area (Å²) in [5, 5.41) is 3.41. The summed E-state index contributed by atoms with van der Waals surface area (Å²) >= 11 is 18.3. The first-order valence-electron chi connectivity index (χ1n) is 9.81. The molecule has 0 atom stereocenters. The maximum Gasteiger partial charge on any atom is 0.270 e. The van der Waals surface area contributed by atoms with E-state index < -0.39 is 0 Å². The SMILES string of the molecule is O=C(COc1ccc(/C=C2\SC(=S)N(c3ccc(F)cc3)C2=O)cc1)Nc1ccc(Cl)c(Cl)c1. The lowest BCUT2D eigenvalue weighted by molar-refractivity contribution is -0.118. The minimum absolute atomic E-state index is 0.198. The summed E-state index contributed by atoms with van der Waals surface area (Å²) in [5.41, 5.74) is 1.78. The summed E-state index contributed by atoms with van der Waals surface area (Å²) in [7, 11) is 0. The quantitative estimate of drug-likeness (QED) is 0.288. The van der Waals surface area contributed by atoms with Crippen molar-refractivity contribution < 1.29 is 18.7 Å². The number of halogens is 3. The van der Waals surface area contributed by atoms with E-state index in [1.807, 2.05) is 0 Å². The van der Waals surface area contributed by atoms with E-state index >= 15 is 0 Å². The molecule has 1 saturated heterocycles. The molecule has 1 heterocycles. The van der Waals surface area contributed by atoms with Gasteiger partial charge in [0.25, 0.3) is 11.8 Å². The molecule has 172 valence electrons. The van der Waals surface area contributed by atoms with Gasteiger partial charge in [-0.25, -0.2) is 4.39 Å². The van der Waals surface area contributed by atoms with Crippen LogP contribution in [0, 0.1) is 5.82 Å². The molecule has 0 saturated carbocycles. The third kappa shape index (κ3) is 5.77. The van der Waals surface area contributed by atoms with Gasteiger partial charge < -0.3 is 10.1 Å². The summed E-state index contributed by atoms with van der Waals surface area (Å²) in [4.78, 5) is 26.7. The molecule has 3 aromatic rings. The van der Waals surface area contributed by atoms with E-state index in [9.17, 15) is 14.0 Å². The fourth-order valence-electron chi connectivity index (χ4n) is 3.01. The van der Waals surface area contributed by atoms with Gasteiger partial charge >= 0.3 is 0 Å². The highest BCUT2D eigenvalue weighted by Gasteiger charge is 2.33. The topological polar surface area (TPSA) is 58.6 Å². The molecular formula is C24H15Cl2FN2O3S2. The zero-order chi connectivity index (χ0) is 24.2. The highest BCUT2D eigenvalue weighted by atomic mass is 35.5. The lowest BCUT2D eigenvalue weighted by atomic mass is 10.2. The van der Waals surface area contributed by atoms with Crippen LogP contribution < -0.4 is 15.0 Å². The fraction of sp³-hybridized carbons (Fsp3) is 0.0417. The minimum atomic E-state index is -0.390. The molecule has 0 aromatic heterocycles.